The molecule has 1 atom stereocenters. The molecule has 0 amide bonds. The normalized spacial score (nSPS) is 13.2. The molecule has 0 radical (unpaired) electrons. The third kappa shape index (κ3) is 36.3. The average molecular weight is 707 g/mol. The number of phosphoric ester groups is 1. The molecule has 0 aliphatic heterocycles. The summed E-state index contributed by atoms with van der Waals surface area (Å²) in [5.41, 5.74) is 0. The van der Waals surface area contributed by atoms with E-state index in [1.54, 1.807) is 12.2 Å². The SMILES string of the molecule is CC/C=C\C/C=C\C/C=C\C/C=C\CCCCC(=O)O[C@H](COC(=O)CCCCCCCC(=O)/C=C/C=C\CCCCC)COP(=O)(O)O. The second kappa shape index (κ2) is 33.6. The zero-order valence-electron chi connectivity index (χ0n) is 30.1. The fourth-order valence-electron chi connectivity index (χ4n) is 4.46. The van der Waals surface area contributed by atoms with Crippen LogP contribution in [0, 0.1) is 0 Å². The highest BCUT2D eigenvalue weighted by Gasteiger charge is 2.22. The Morgan fingerprint density at radius 2 is 1.16 bits per heavy atom. The zero-order chi connectivity index (χ0) is 36.3. The monoisotopic (exact) mass is 706 g/mol. The van der Waals surface area contributed by atoms with Crippen molar-refractivity contribution >= 4 is 25.5 Å². The smallest absolute Gasteiger partial charge is 0.462 e. The first kappa shape index (κ1) is 46.2. The Labute approximate surface area is 295 Å². The third-order valence-corrected chi connectivity index (χ3v) is 7.67. The van der Waals surface area contributed by atoms with Crippen molar-refractivity contribution in [2.24, 2.45) is 0 Å². The minimum atomic E-state index is -4.79. The lowest BCUT2D eigenvalue weighted by Crippen LogP contribution is -2.29. The minimum absolute atomic E-state index is 0.113. The number of hydrogen-bond donors (Lipinski definition) is 2. The molecule has 0 aliphatic rings. The van der Waals surface area contributed by atoms with E-state index in [1.807, 2.05) is 6.08 Å². The van der Waals surface area contributed by atoms with Crippen LogP contribution in [0.4, 0.5) is 0 Å². The number of rotatable bonds is 32. The molecule has 10 heteroatoms. The van der Waals surface area contributed by atoms with Gasteiger partial charge in [0.15, 0.2) is 11.9 Å². The lowest BCUT2D eigenvalue weighted by atomic mass is 10.1. The lowest BCUT2D eigenvalue weighted by molar-refractivity contribution is -0.161. The summed E-state index contributed by atoms with van der Waals surface area (Å²) in [7, 11) is -4.79. The van der Waals surface area contributed by atoms with Gasteiger partial charge in [-0.2, -0.15) is 0 Å². The maximum Gasteiger partial charge on any atom is 0.469 e. The van der Waals surface area contributed by atoms with Gasteiger partial charge in [0.25, 0.3) is 0 Å². The van der Waals surface area contributed by atoms with Gasteiger partial charge < -0.3 is 19.3 Å². The molecule has 0 unspecified atom stereocenters. The van der Waals surface area contributed by atoms with Crippen LogP contribution < -0.4 is 0 Å². The Kier molecular flexibility index (Phi) is 31.7. The molecule has 0 heterocycles. The maximum atomic E-state index is 12.3. The quantitative estimate of drug-likeness (QED) is 0.0175. The molecule has 49 heavy (non-hydrogen) atoms. The summed E-state index contributed by atoms with van der Waals surface area (Å²) in [6.45, 7) is 3.35. The molecule has 9 nitrogen and oxygen atoms in total. The molecule has 0 spiro atoms. The van der Waals surface area contributed by atoms with E-state index >= 15 is 0 Å². The third-order valence-electron chi connectivity index (χ3n) is 7.19. The van der Waals surface area contributed by atoms with E-state index in [9.17, 15) is 18.9 Å². The Bertz CT molecular complexity index is 1080. The highest BCUT2D eigenvalue weighted by atomic mass is 31.2. The van der Waals surface area contributed by atoms with Crippen molar-refractivity contribution in [2.45, 2.75) is 142 Å². The second-order valence-corrected chi connectivity index (χ2v) is 13.1. The first-order valence-corrected chi connectivity index (χ1v) is 19.7. The molecule has 0 aromatic rings. The summed E-state index contributed by atoms with van der Waals surface area (Å²) in [4.78, 5) is 54.6. The Hall–Kier alpha value is -2.84. The van der Waals surface area contributed by atoms with Crippen LogP contribution in [0.1, 0.15) is 136 Å². The van der Waals surface area contributed by atoms with Gasteiger partial charge in [-0.25, -0.2) is 4.57 Å². The molecule has 0 aliphatic carbocycles. The Morgan fingerprint density at radius 3 is 1.82 bits per heavy atom. The summed E-state index contributed by atoms with van der Waals surface area (Å²) in [5, 5.41) is 0. The van der Waals surface area contributed by atoms with Crippen LogP contribution in [-0.2, 0) is 32.9 Å². The van der Waals surface area contributed by atoms with Gasteiger partial charge in [0, 0.05) is 19.3 Å². The molecule has 0 aromatic carbocycles. The lowest BCUT2D eigenvalue weighted by Gasteiger charge is -2.18. The second-order valence-electron chi connectivity index (χ2n) is 11.8. The summed E-state index contributed by atoms with van der Waals surface area (Å²) >= 11 is 0. The van der Waals surface area contributed by atoms with E-state index in [0.29, 0.717) is 19.3 Å². The molecule has 2 N–H and O–H groups in total. The largest absolute Gasteiger partial charge is 0.469 e. The molecule has 278 valence electrons. The summed E-state index contributed by atoms with van der Waals surface area (Å²) in [6, 6.07) is 0. The minimum Gasteiger partial charge on any atom is -0.462 e. The van der Waals surface area contributed by atoms with E-state index in [-0.39, 0.29) is 25.2 Å². The number of esters is 2. The van der Waals surface area contributed by atoms with E-state index in [2.05, 4.69) is 73.1 Å². The van der Waals surface area contributed by atoms with Gasteiger partial charge >= 0.3 is 19.8 Å². The summed E-state index contributed by atoms with van der Waals surface area (Å²) in [5.74, 6) is -0.923. The van der Waals surface area contributed by atoms with Gasteiger partial charge in [0.2, 0.25) is 0 Å². The number of hydrogen-bond acceptors (Lipinski definition) is 7. The van der Waals surface area contributed by atoms with Gasteiger partial charge in [-0.1, -0.05) is 113 Å². The van der Waals surface area contributed by atoms with E-state index in [0.717, 1.165) is 70.6 Å². The Morgan fingerprint density at radius 1 is 0.612 bits per heavy atom. The maximum absolute atomic E-state index is 12.3. The number of allylic oxidation sites excluding steroid dienone is 12. The van der Waals surface area contributed by atoms with Crippen molar-refractivity contribution in [1.82, 2.24) is 0 Å². The number of carbonyl (C=O) groups excluding carboxylic acids is 3. The van der Waals surface area contributed by atoms with Crippen LogP contribution in [0.3, 0.4) is 0 Å². The van der Waals surface area contributed by atoms with Crippen LogP contribution in [0.5, 0.6) is 0 Å². The fourth-order valence-corrected chi connectivity index (χ4v) is 4.82. The van der Waals surface area contributed by atoms with E-state index in [4.69, 9.17) is 19.3 Å². The molecular weight excluding hydrogens is 643 g/mol. The van der Waals surface area contributed by atoms with Crippen LogP contribution >= 0.6 is 7.82 Å². The van der Waals surface area contributed by atoms with Crippen molar-refractivity contribution in [3.05, 3.63) is 72.9 Å². The van der Waals surface area contributed by atoms with Gasteiger partial charge in [-0.15, -0.1) is 0 Å². The van der Waals surface area contributed by atoms with E-state index in [1.165, 1.54) is 19.3 Å². The van der Waals surface area contributed by atoms with Gasteiger partial charge in [-0.05, 0) is 76.7 Å². The van der Waals surface area contributed by atoms with Gasteiger partial charge in [0.05, 0.1) is 6.61 Å². The number of phosphoric acid groups is 1. The van der Waals surface area contributed by atoms with Crippen LogP contribution in [0.25, 0.3) is 0 Å². The van der Waals surface area contributed by atoms with Crippen LogP contribution in [-0.4, -0.2) is 46.8 Å². The standard InChI is InChI=1S/C39H63O9P/c1-3-5-7-9-11-12-13-14-15-16-17-18-20-24-29-33-39(42)48-37(35-47-49(43,44)45)34-46-38(41)32-28-25-21-23-27-31-36(40)30-26-22-19-10-8-6-4-2/h5,7,11-12,14-15,17-19,22,26,30,37H,3-4,6,8-10,13,16,20-21,23-25,27-29,31-35H2,1-2H3,(H2,43,44,45)/b7-5-,12-11-,15-14-,18-17-,22-19-,30-26+/t37-/m1/s1. The average Bonchev–Trinajstić information content (AvgIpc) is 3.06. The summed E-state index contributed by atoms with van der Waals surface area (Å²) < 4.78 is 26.2. The van der Waals surface area contributed by atoms with Crippen molar-refractivity contribution in [1.29, 1.82) is 0 Å². The molecule has 0 saturated carbocycles. The molecule has 0 aromatic heterocycles. The highest BCUT2D eigenvalue weighted by molar-refractivity contribution is 7.46. The Balaban J connectivity index is 4.17. The van der Waals surface area contributed by atoms with Crippen molar-refractivity contribution in [2.75, 3.05) is 13.2 Å². The van der Waals surface area contributed by atoms with Crippen LogP contribution in [0.15, 0.2) is 72.9 Å². The van der Waals surface area contributed by atoms with Crippen molar-refractivity contribution in [3.63, 3.8) is 0 Å². The number of ketones is 1. The number of ether oxygens (including phenoxy) is 2. The van der Waals surface area contributed by atoms with Gasteiger partial charge in [0.1, 0.15) is 6.61 Å². The molecule has 0 rings (SSSR count). The molecular formula is C39H63O9P. The number of unbranched alkanes of at least 4 members (excludes halogenated alkanes) is 9. The first-order chi connectivity index (χ1) is 23.7. The van der Waals surface area contributed by atoms with E-state index < -0.39 is 32.5 Å². The molecule has 0 bridgehead atoms. The highest BCUT2D eigenvalue weighted by Crippen LogP contribution is 2.35. The van der Waals surface area contributed by atoms with Gasteiger partial charge in [-0.3, -0.25) is 18.9 Å². The van der Waals surface area contributed by atoms with Crippen LogP contribution in [0.2, 0.25) is 0 Å². The predicted octanol–water partition coefficient (Wildman–Crippen LogP) is 9.91. The summed E-state index contributed by atoms with van der Waals surface area (Å²) in [6.07, 6.45) is 38.8. The molecule has 0 fully saturated rings. The van der Waals surface area contributed by atoms with Crippen molar-refractivity contribution < 1.29 is 42.7 Å². The fraction of sp³-hybridized carbons (Fsp3) is 0.615. The first-order valence-electron chi connectivity index (χ1n) is 18.2. The topological polar surface area (TPSA) is 136 Å². The molecule has 0 saturated heterocycles. The number of carbonyl (C=O) groups is 3. The van der Waals surface area contributed by atoms with Crippen molar-refractivity contribution in [3.8, 4) is 0 Å². The predicted molar refractivity (Wildman–Crippen MR) is 198 cm³/mol. The zero-order valence-corrected chi connectivity index (χ0v) is 30.9.